The number of anilines is 1. The quantitative estimate of drug-likeness (QED) is 0.834. The lowest BCUT2D eigenvalue weighted by atomic mass is 9.92. The third-order valence-electron chi connectivity index (χ3n) is 6.79. The first-order valence-electron chi connectivity index (χ1n) is 10.3. The minimum absolute atomic E-state index is 0.161. The molecular formula is C23H23ClN4O. The van der Waals surface area contributed by atoms with E-state index in [0.717, 1.165) is 49.9 Å². The minimum atomic E-state index is -0.366. The standard InChI is InChI=1S/C23H23ClN4O/c24-17-4-2-16(3-5-17)23(9-10-23)22(29)27-18-11-19-6-7-20(12-18)28(19)21-8-1-15(13-25)14-26-21/h1-5,8,14,18-20H,6-7,9-12H2,(H,27,29). The Balaban J connectivity index is 1.27. The summed E-state index contributed by atoms with van der Waals surface area (Å²) in [6.45, 7) is 0. The van der Waals surface area contributed by atoms with Crippen molar-refractivity contribution in [1.82, 2.24) is 10.3 Å². The smallest absolute Gasteiger partial charge is 0.230 e. The van der Waals surface area contributed by atoms with Crippen LogP contribution < -0.4 is 10.2 Å². The van der Waals surface area contributed by atoms with Crippen LogP contribution in [0.5, 0.6) is 0 Å². The van der Waals surface area contributed by atoms with E-state index in [1.54, 1.807) is 6.20 Å². The molecule has 2 aliphatic heterocycles. The molecule has 2 aromatic rings. The monoisotopic (exact) mass is 406 g/mol. The van der Waals surface area contributed by atoms with Gasteiger partial charge in [0.05, 0.1) is 11.0 Å². The second-order valence-electron chi connectivity index (χ2n) is 8.54. The van der Waals surface area contributed by atoms with Gasteiger partial charge in [-0.15, -0.1) is 0 Å². The second kappa shape index (κ2) is 7.03. The summed E-state index contributed by atoms with van der Waals surface area (Å²) in [7, 11) is 0. The van der Waals surface area contributed by atoms with E-state index in [1.807, 2.05) is 36.4 Å². The highest BCUT2D eigenvalue weighted by molar-refractivity contribution is 6.30. The highest BCUT2D eigenvalue weighted by atomic mass is 35.5. The number of piperidine rings is 1. The van der Waals surface area contributed by atoms with Gasteiger partial charge in [0.15, 0.2) is 0 Å². The summed E-state index contributed by atoms with van der Waals surface area (Å²) in [6, 6.07) is 14.6. The maximum atomic E-state index is 13.1. The molecule has 1 aromatic carbocycles. The molecule has 29 heavy (non-hydrogen) atoms. The van der Waals surface area contributed by atoms with Gasteiger partial charge in [0.1, 0.15) is 11.9 Å². The number of fused-ring (bicyclic) bond motifs is 2. The summed E-state index contributed by atoms with van der Waals surface area (Å²) in [5, 5.41) is 13.1. The number of carbonyl (C=O) groups is 1. The van der Waals surface area contributed by atoms with Gasteiger partial charge >= 0.3 is 0 Å². The number of nitrogens with one attached hydrogen (secondary N) is 1. The molecular weight excluding hydrogens is 384 g/mol. The molecule has 148 valence electrons. The third kappa shape index (κ3) is 3.26. The molecule has 2 unspecified atom stereocenters. The number of hydrogen-bond acceptors (Lipinski definition) is 4. The molecule has 2 atom stereocenters. The number of aromatic nitrogens is 1. The summed E-state index contributed by atoms with van der Waals surface area (Å²) >= 11 is 6.01. The molecule has 1 N–H and O–H groups in total. The fraction of sp³-hybridized carbons (Fsp3) is 0.435. The van der Waals surface area contributed by atoms with Crippen molar-refractivity contribution in [3.63, 3.8) is 0 Å². The Kier molecular flexibility index (Phi) is 4.48. The van der Waals surface area contributed by atoms with Gasteiger partial charge in [-0.25, -0.2) is 4.98 Å². The molecule has 0 radical (unpaired) electrons. The Morgan fingerprint density at radius 1 is 1.14 bits per heavy atom. The lowest BCUT2D eigenvalue weighted by Crippen LogP contribution is -2.52. The molecule has 3 fully saturated rings. The minimum Gasteiger partial charge on any atom is -0.352 e. The van der Waals surface area contributed by atoms with Crippen LogP contribution in [0.15, 0.2) is 42.6 Å². The summed E-state index contributed by atoms with van der Waals surface area (Å²) < 4.78 is 0. The predicted octanol–water partition coefficient (Wildman–Crippen LogP) is 3.95. The van der Waals surface area contributed by atoms with E-state index in [9.17, 15) is 4.79 Å². The Hall–Kier alpha value is -2.58. The van der Waals surface area contributed by atoms with E-state index in [0.29, 0.717) is 22.7 Å². The van der Waals surface area contributed by atoms with Gasteiger partial charge in [-0.1, -0.05) is 23.7 Å². The van der Waals surface area contributed by atoms with Gasteiger partial charge in [-0.3, -0.25) is 4.79 Å². The zero-order valence-corrected chi connectivity index (χ0v) is 16.9. The molecule has 5 nitrogen and oxygen atoms in total. The summed E-state index contributed by atoms with van der Waals surface area (Å²) in [6.07, 6.45) is 7.59. The molecule has 6 heteroatoms. The van der Waals surface area contributed by atoms with Crippen LogP contribution in [0.3, 0.4) is 0 Å². The van der Waals surface area contributed by atoms with Crippen molar-refractivity contribution in [3.8, 4) is 6.07 Å². The van der Waals surface area contributed by atoms with Crippen LogP contribution in [0, 0.1) is 11.3 Å². The largest absolute Gasteiger partial charge is 0.352 e. The van der Waals surface area contributed by atoms with Crippen LogP contribution in [-0.4, -0.2) is 29.0 Å². The lowest BCUT2D eigenvalue weighted by molar-refractivity contribution is -0.124. The first-order chi connectivity index (χ1) is 14.1. The Morgan fingerprint density at radius 3 is 2.38 bits per heavy atom. The van der Waals surface area contributed by atoms with E-state index in [-0.39, 0.29) is 17.4 Å². The molecule has 1 aliphatic carbocycles. The predicted molar refractivity (Wildman–Crippen MR) is 112 cm³/mol. The van der Waals surface area contributed by atoms with Crippen molar-refractivity contribution in [2.75, 3.05) is 4.90 Å². The number of nitriles is 1. The Labute approximate surface area is 175 Å². The number of nitrogens with zero attached hydrogens (tertiary/aromatic N) is 3. The summed E-state index contributed by atoms with van der Waals surface area (Å²) in [5.74, 6) is 1.11. The maximum Gasteiger partial charge on any atom is 0.230 e. The van der Waals surface area contributed by atoms with Gasteiger partial charge in [0, 0.05) is 29.3 Å². The van der Waals surface area contributed by atoms with Gasteiger partial charge in [0.25, 0.3) is 0 Å². The number of benzene rings is 1. The molecule has 2 saturated heterocycles. The summed E-state index contributed by atoms with van der Waals surface area (Å²) in [5.41, 5.74) is 1.29. The number of halogens is 1. The average Bonchev–Trinajstić information content (AvgIpc) is 3.50. The van der Waals surface area contributed by atoms with Crippen molar-refractivity contribution >= 4 is 23.3 Å². The molecule has 0 spiro atoms. The van der Waals surface area contributed by atoms with E-state index >= 15 is 0 Å². The SMILES string of the molecule is N#Cc1ccc(N2C3CCC2CC(NC(=O)C2(c4ccc(Cl)cc4)CC2)C3)nc1. The van der Waals surface area contributed by atoms with Crippen LogP contribution in [-0.2, 0) is 10.2 Å². The van der Waals surface area contributed by atoms with E-state index < -0.39 is 0 Å². The van der Waals surface area contributed by atoms with Crippen LogP contribution in [0.25, 0.3) is 0 Å². The van der Waals surface area contributed by atoms with Gasteiger partial charge < -0.3 is 10.2 Å². The van der Waals surface area contributed by atoms with Crippen LogP contribution in [0.4, 0.5) is 5.82 Å². The number of carbonyl (C=O) groups excluding carboxylic acids is 1. The number of pyridine rings is 1. The highest BCUT2D eigenvalue weighted by Crippen LogP contribution is 2.49. The Bertz CT molecular complexity index is 948. The molecule has 1 saturated carbocycles. The second-order valence-corrected chi connectivity index (χ2v) is 8.98. The van der Waals surface area contributed by atoms with E-state index in [2.05, 4.69) is 21.3 Å². The number of rotatable bonds is 4. The van der Waals surface area contributed by atoms with Crippen molar-refractivity contribution in [2.45, 2.75) is 62.1 Å². The molecule has 1 amide bonds. The third-order valence-corrected chi connectivity index (χ3v) is 7.04. The molecule has 3 aliphatic rings. The molecule has 5 rings (SSSR count). The highest BCUT2D eigenvalue weighted by Gasteiger charge is 2.52. The fourth-order valence-electron chi connectivity index (χ4n) is 5.14. The first kappa shape index (κ1) is 18.4. The van der Waals surface area contributed by atoms with Crippen LogP contribution >= 0.6 is 11.6 Å². The van der Waals surface area contributed by atoms with Gasteiger partial charge in [0.2, 0.25) is 5.91 Å². The van der Waals surface area contributed by atoms with Crippen molar-refractivity contribution in [2.24, 2.45) is 0 Å². The zero-order valence-electron chi connectivity index (χ0n) is 16.1. The molecule has 3 heterocycles. The maximum absolute atomic E-state index is 13.1. The van der Waals surface area contributed by atoms with Crippen LogP contribution in [0.1, 0.15) is 49.7 Å². The molecule has 1 aromatic heterocycles. The summed E-state index contributed by atoms with van der Waals surface area (Å²) in [4.78, 5) is 20.0. The fourth-order valence-corrected chi connectivity index (χ4v) is 5.26. The van der Waals surface area contributed by atoms with Crippen molar-refractivity contribution < 1.29 is 4.79 Å². The van der Waals surface area contributed by atoms with Crippen molar-refractivity contribution in [1.29, 1.82) is 5.26 Å². The molecule has 2 bridgehead atoms. The first-order valence-corrected chi connectivity index (χ1v) is 10.7. The topological polar surface area (TPSA) is 69.0 Å². The van der Waals surface area contributed by atoms with Crippen molar-refractivity contribution in [3.05, 3.63) is 58.7 Å². The lowest BCUT2D eigenvalue weighted by Gasteiger charge is -2.40. The Morgan fingerprint density at radius 2 is 1.83 bits per heavy atom. The number of hydrogen-bond donors (Lipinski definition) is 1. The van der Waals surface area contributed by atoms with Crippen LogP contribution in [0.2, 0.25) is 5.02 Å². The van der Waals surface area contributed by atoms with E-state index in [1.165, 1.54) is 0 Å². The van der Waals surface area contributed by atoms with Gasteiger partial charge in [-0.05, 0) is 68.4 Å². The average molecular weight is 407 g/mol. The normalized spacial score (nSPS) is 26.6. The number of amides is 1. The van der Waals surface area contributed by atoms with E-state index in [4.69, 9.17) is 16.9 Å². The zero-order chi connectivity index (χ0) is 20.0. The van der Waals surface area contributed by atoms with Gasteiger partial charge in [-0.2, -0.15) is 5.26 Å².